The van der Waals surface area contributed by atoms with Gasteiger partial charge in [-0.3, -0.25) is 0 Å². The molecule has 2 aliphatic rings. The lowest BCUT2D eigenvalue weighted by molar-refractivity contribution is 0.144. The minimum absolute atomic E-state index is 0.451. The Morgan fingerprint density at radius 1 is 1.05 bits per heavy atom. The minimum Gasteiger partial charge on any atom is -0.355 e. The van der Waals surface area contributed by atoms with Crippen molar-refractivity contribution in [3.8, 4) is 0 Å². The Labute approximate surface area is 136 Å². The number of rotatable bonds is 2. The number of nitrogens with one attached hydrogen (secondary N) is 1. The third-order valence-electron chi connectivity index (χ3n) is 5.09. The topological polar surface area (TPSA) is 54.2 Å². The lowest BCUT2D eigenvalue weighted by atomic mass is 9.68. The molecular weight excluding hydrogens is 307 g/mol. The van der Waals surface area contributed by atoms with Gasteiger partial charge in [0.15, 0.2) is 5.82 Å². The summed E-state index contributed by atoms with van der Waals surface area (Å²) in [5.41, 5.74) is 3.10. The van der Waals surface area contributed by atoms with Crippen LogP contribution in [-0.2, 0) is 0 Å². The largest absolute Gasteiger partial charge is 0.355 e. The molecule has 1 spiro atoms. The Bertz CT molecular complexity index is 505. The second kappa shape index (κ2) is 6.19. The van der Waals surface area contributed by atoms with Crippen LogP contribution in [0.2, 0.25) is 10.0 Å². The number of hydrogen-bond acceptors (Lipinski definition) is 4. The van der Waals surface area contributed by atoms with Gasteiger partial charge in [0, 0.05) is 13.1 Å². The van der Waals surface area contributed by atoms with E-state index in [4.69, 9.17) is 29.0 Å². The number of piperidine rings is 1. The summed E-state index contributed by atoms with van der Waals surface area (Å²) in [7, 11) is 0. The number of nitrogens with zero attached hydrogens (tertiary/aromatic N) is 2. The van der Waals surface area contributed by atoms with Gasteiger partial charge in [-0.15, -0.1) is 0 Å². The molecule has 116 valence electrons. The number of hydrogen-bond donors (Lipinski definition) is 2. The first kappa shape index (κ1) is 15.2. The summed E-state index contributed by atoms with van der Waals surface area (Å²) >= 11 is 12.4. The molecule has 0 bridgehead atoms. The average molecular weight is 329 g/mol. The van der Waals surface area contributed by atoms with E-state index in [1.54, 1.807) is 6.07 Å². The Morgan fingerprint density at radius 3 is 2.33 bits per heavy atom. The second-order valence-corrected chi connectivity index (χ2v) is 7.13. The number of pyridine rings is 1. The van der Waals surface area contributed by atoms with Crippen molar-refractivity contribution < 1.29 is 0 Å². The highest BCUT2D eigenvalue weighted by atomic mass is 35.5. The minimum atomic E-state index is 0.451. The van der Waals surface area contributed by atoms with Crippen LogP contribution in [0.4, 0.5) is 11.6 Å². The van der Waals surface area contributed by atoms with Crippen LogP contribution in [0.5, 0.6) is 0 Å². The van der Waals surface area contributed by atoms with Crippen LogP contribution in [0.3, 0.4) is 0 Å². The number of nitrogens with two attached hydrogens (primary N) is 1. The van der Waals surface area contributed by atoms with E-state index in [-0.39, 0.29) is 0 Å². The number of halogens is 2. The van der Waals surface area contributed by atoms with Crippen LogP contribution in [0.1, 0.15) is 44.9 Å². The second-order valence-electron chi connectivity index (χ2n) is 6.32. The summed E-state index contributed by atoms with van der Waals surface area (Å²) in [5.74, 6) is 6.72. The highest BCUT2D eigenvalue weighted by Crippen LogP contribution is 2.45. The van der Waals surface area contributed by atoms with Gasteiger partial charge in [0.1, 0.15) is 5.82 Å². The van der Waals surface area contributed by atoms with Crippen LogP contribution in [0, 0.1) is 5.41 Å². The summed E-state index contributed by atoms with van der Waals surface area (Å²) in [4.78, 5) is 6.74. The monoisotopic (exact) mass is 328 g/mol. The smallest absolute Gasteiger partial charge is 0.161 e. The first-order valence-electron chi connectivity index (χ1n) is 7.71. The number of hydrazine groups is 1. The maximum atomic E-state index is 6.31. The fraction of sp³-hybridized carbons (Fsp3) is 0.667. The summed E-state index contributed by atoms with van der Waals surface area (Å²) in [6, 6.07) is 1.71. The van der Waals surface area contributed by atoms with E-state index in [1.165, 1.54) is 44.9 Å². The van der Waals surface area contributed by atoms with E-state index in [9.17, 15) is 0 Å². The molecule has 0 atom stereocenters. The normalized spacial score (nSPS) is 21.6. The molecule has 6 heteroatoms. The zero-order valence-electron chi connectivity index (χ0n) is 12.2. The standard InChI is InChI=1S/C15H22Cl2N4/c16-11-10-12(17)14(19-13(11)20-18)21-8-6-15(7-9-21)4-2-1-3-5-15/h10H,1-9,18H2,(H,19,20). The van der Waals surface area contributed by atoms with Crippen molar-refractivity contribution in [1.82, 2.24) is 4.98 Å². The number of anilines is 2. The molecule has 4 nitrogen and oxygen atoms in total. The Balaban J connectivity index is 1.74. The van der Waals surface area contributed by atoms with Gasteiger partial charge in [-0.1, -0.05) is 42.5 Å². The fourth-order valence-electron chi connectivity index (χ4n) is 3.77. The maximum absolute atomic E-state index is 6.31. The molecule has 1 saturated heterocycles. The van der Waals surface area contributed by atoms with Crippen LogP contribution < -0.4 is 16.2 Å². The summed E-state index contributed by atoms with van der Waals surface area (Å²) in [6.07, 6.45) is 9.43. The first-order valence-corrected chi connectivity index (χ1v) is 8.47. The molecule has 1 aliphatic heterocycles. The molecule has 0 unspecified atom stereocenters. The Hall–Kier alpha value is -0.710. The van der Waals surface area contributed by atoms with Crippen molar-refractivity contribution in [2.45, 2.75) is 44.9 Å². The lowest BCUT2D eigenvalue weighted by Gasteiger charge is -2.44. The van der Waals surface area contributed by atoms with Gasteiger partial charge in [-0.05, 0) is 37.2 Å². The Kier molecular flexibility index (Phi) is 4.48. The van der Waals surface area contributed by atoms with Crippen LogP contribution in [0.25, 0.3) is 0 Å². The van der Waals surface area contributed by atoms with Gasteiger partial charge in [0.25, 0.3) is 0 Å². The van der Waals surface area contributed by atoms with Gasteiger partial charge in [-0.2, -0.15) is 0 Å². The molecule has 1 aromatic heterocycles. The van der Waals surface area contributed by atoms with Crippen molar-refractivity contribution in [1.29, 1.82) is 0 Å². The molecule has 2 heterocycles. The quantitative estimate of drug-likeness (QED) is 0.630. The van der Waals surface area contributed by atoms with Crippen molar-refractivity contribution in [3.05, 3.63) is 16.1 Å². The van der Waals surface area contributed by atoms with Gasteiger partial charge in [-0.25, -0.2) is 10.8 Å². The van der Waals surface area contributed by atoms with E-state index in [0.29, 0.717) is 21.3 Å². The van der Waals surface area contributed by atoms with Gasteiger partial charge < -0.3 is 10.3 Å². The van der Waals surface area contributed by atoms with Crippen LogP contribution in [-0.4, -0.2) is 18.1 Å². The highest BCUT2D eigenvalue weighted by molar-refractivity contribution is 6.37. The molecular formula is C15H22Cl2N4. The summed E-state index contributed by atoms with van der Waals surface area (Å²) in [5, 5.41) is 1.05. The molecule has 21 heavy (non-hydrogen) atoms. The van der Waals surface area contributed by atoms with Gasteiger partial charge >= 0.3 is 0 Å². The molecule has 0 aromatic carbocycles. The predicted molar refractivity (Wildman–Crippen MR) is 89.0 cm³/mol. The SMILES string of the molecule is NNc1nc(N2CCC3(CCCCC3)CC2)c(Cl)cc1Cl. The van der Waals surface area contributed by atoms with E-state index < -0.39 is 0 Å². The predicted octanol–water partition coefficient (Wildman–Crippen LogP) is 4.22. The molecule has 0 amide bonds. The van der Waals surface area contributed by atoms with Crippen molar-refractivity contribution in [3.63, 3.8) is 0 Å². The zero-order valence-corrected chi connectivity index (χ0v) is 13.7. The third-order valence-corrected chi connectivity index (χ3v) is 5.65. The van der Waals surface area contributed by atoms with E-state index in [0.717, 1.165) is 18.9 Å². The van der Waals surface area contributed by atoms with Gasteiger partial charge in [0.05, 0.1) is 10.0 Å². The van der Waals surface area contributed by atoms with Crippen molar-refractivity contribution >= 4 is 34.8 Å². The van der Waals surface area contributed by atoms with Gasteiger partial charge in [0.2, 0.25) is 0 Å². The summed E-state index contributed by atoms with van der Waals surface area (Å²) < 4.78 is 0. The van der Waals surface area contributed by atoms with E-state index >= 15 is 0 Å². The maximum Gasteiger partial charge on any atom is 0.161 e. The molecule has 2 fully saturated rings. The number of nitrogen functional groups attached to an aromatic ring is 1. The zero-order chi connectivity index (χ0) is 14.9. The van der Waals surface area contributed by atoms with Crippen molar-refractivity contribution in [2.75, 3.05) is 23.4 Å². The fourth-order valence-corrected chi connectivity index (χ4v) is 4.31. The van der Waals surface area contributed by atoms with Crippen LogP contribution in [0.15, 0.2) is 6.07 Å². The molecule has 3 N–H and O–H groups in total. The lowest BCUT2D eigenvalue weighted by Crippen LogP contribution is -2.41. The van der Waals surface area contributed by atoms with E-state index in [2.05, 4.69) is 15.3 Å². The first-order chi connectivity index (χ1) is 10.1. The average Bonchev–Trinajstić information content (AvgIpc) is 2.50. The number of aromatic nitrogens is 1. The third kappa shape index (κ3) is 3.08. The van der Waals surface area contributed by atoms with E-state index in [1.807, 2.05) is 0 Å². The highest BCUT2D eigenvalue weighted by Gasteiger charge is 2.36. The molecule has 3 rings (SSSR count). The molecule has 1 aliphatic carbocycles. The summed E-state index contributed by atoms with van der Waals surface area (Å²) in [6.45, 7) is 2.02. The molecule has 0 radical (unpaired) electrons. The molecule has 1 aromatic rings. The molecule has 1 saturated carbocycles. The van der Waals surface area contributed by atoms with Crippen LogP contribution >= 0.6 is 23.2 Å². The Morgan fingerprint density at radius 2 is 1.71 bits per heavy atom. The van der Waals surface area contributed by atoms with Crippen molar-refractivity contribution in [2.24, 2.45) is 11.3 Å².